The lowest BCUT2D eigenvalue weighted by Crippen LogP contribution is -2.39. The van der Waals surface area contributed by atoms with Crippen LogP contribution in [-0.4, -0.2) is 42.5 Å². The molecule has 2 heterocycles. The minimum absolute atomic E-state index is 0.110. The largest absolute Gasteiger partial charge is 0.324 e. The first-order valence-corrected chi connectivity index (χ1v) is 7.71. The van der Waals surface area contributed by atoms with Crippen molar-refractivity contribution in [2.75, 3.05) is 25.0 Å². The normalized spacial score (nSPS) is 25.6. The molecule has 0 aliphatic carbocycles. The van der Waals surface area contributed by atoms with E-state index in [9.17, 15) is 9.18 Å². The van der Waals surface area contributed by atoms with Crippen LogP contribution in [0, 0.1) is 5.82 Å². The lowest BCUT2D eigenvalue weighted by molar-refractivity contribution is -0.117. The van der Waals surface area contributed by atoms with Crippen molar-refractivity contribution in [3.63, 3.8) is 0 Å². The number of carbonyl (C=O) groups excluding carboxylic acids is 1. The summed E-state index contributed by atoms with van der Waals surface area (Å²) < 4.78 is 13.0. The van der Waals surface area contributed by atoms with Gasteiger partial charge in [-0.25, -0.2) is 4.39 Å². The van der Waals surface area contributed by atoms with Crippen molar-refractivity contribution in [3.8, 4) is 0 Å². The molecule has 0 saturated carbocycles. The van der Waals surface area contributed by atoms with Gasteiger partial charge in [0.1, 0.15) is 5.82 Å². The van der Waals surface area contributed by atoms with Crippen molar-refractivity contribution in [1.82, 2.24) is 10.2 Å². The Morgan fingerprint density at radius 2 is 2.19 bits per heavy atom. The molecular weight excluding hydrogens is 293 g/mol. The quantitative estimate of drug-likeness (QED) is 0.900. The molecule has 2 N–H and O–H groups in total. The Kier molecular flexibility index (Phi) is 4.42. The lowest BCUT2D eigenvalue weighted by Gasteiger charge is -2.23. The summed E-state index contributed by atoms with van der Waals surface area (Å²) in [5.74, 6) is -0.520. The van der Waals surface area contributed by atoms with E-state index in [1.54, 1.807) is 0 Å². The second kappa shape index (κ2) is 6.30. The van der Waals surface area contributed by atoms with Crippen LogP contribution in [0.3, 0.4) is 0 Å². The van der Waals surface area contributed by atoms with E-state index in [4.69, 9.17) is 11.6 Å². The monoisotopic (exact) mass is 311 g/mol. The Balaban J connectivity index is 1.56. The van der Waals surface area contributed by atoms with Crippen molar-refractivity contribution in [2.45, 2.75) is 31.3 Å². The SMILES string of the molecule is O=C(CN1CCC2CCC(C1)N2)Nc1ccc(F)cc1Cl. The van der Waals surface area contributed by atoms with Gasteiger partial charge >= 0.3 is 0 Å². The molecule has 0 aromatic heterocycles. The van der Waals surface area contributed by atoms with Crippen LogP contribution in [0.4, 0.5) is 10.1 Å². The second-order valence-corrected chi connectivity index (χ2v) is 6.24. The van der Waals surface area contributed by atoms with Crippen molar-refractivity contribution in [2.24, 2.45) is 0 Å². The fourth-order valence-corrected chi connectivity index (χ4v) is 3.36. The van der Waals surface area contributed by atoms with E-state index in [0.717, 1.165) is 19.5 Å². The van der Waals surface area contributed by atoms with E-state index in [0.29, 0.717) is 24.3 Å². The third-order valence-corrected chi connectivity index (χ3v) is 4.49. The maximum Gasteiger partial charge on any atom is 0.238 e. The molecule has 2 aliphatic rings. The molecule has 2 aliphatic heterocycles. The molecule has 6 heteroatoms. The van der Waals surface area contributed by atoms with E-state index in [1.165, 1.54) is 31.0 Å². The maximum absolute atomic E-state index is 13.0. The molecule has 2 saturated heterocycles. The zero-order valence-electron chi connectivity index (χ0n) is 11.7. The summed E-state index contributed by atoms with van der Waals surface area (Å²) >= 11 is 5.92. The highest BCUT2D eigenvalue weighted by molar-refractivity contribution is 6.33. The molecule has 0 spiro atoms. The van der Waals surface area contributed by atoms with Crippen LogP contribution in [0.2, 0.25) is 5.02 Å². The second-order valence-electron chi connectivity index (χ2n) is 5.83. The number of benzene rings is 1. The Labute approximate surface area is 128 Å². The van der Waals surface area contributed by atoms with E-state index in [2.05, 4.69) is 15.5 Å². The van der Waals surface area contributed by atoms with Crippen LogP contribution in [0.15, 0.2) is 18.2 Å². The van der Waals surface area contributed by atoms with Crippen LogP contribution in [-0.2, 0) is 4.79 Å². The first kappa shape index (κ1) is 14.8. The molecule has 21 heavy (non-hydrogen) atoms. The maximum atomic E-state index is 13.0. The van der Waals surface area contributed by atoms with Gasteiger partial charge in [-0.1, -0.05) is 11.6 Å². The molecular formula is C15H19ClFN3O. The summed E-state index contributed by atoms with van der Waals surface area (Å²) in [6, 6.07) is 5.08. The van der Waals surface area contributed by atoms with Gasteiger partial charge in [0.15, 0.2) is 0 Å². The molecule has 1 aromatic carbocycles. The van der Waals surface area contributed by atoms with Gasteiger partial charge in [-0.2, -0.15) is 0 Å². The molecule has 1 aromatic rings. The highest BCUT2D eigenvalue weighted by atomic mass is 35.5. The van der Waals surface area contributed by atoms with Crippen LogP contribution in [0.5, 0.6) is 0 Å². The molecule has 2 atom stereocenters. The average molecular weight is 312 g/mol. The number of amides is 1. The molecule has 2 fully saturated rings. The first-order valence-electron chi connectivity index (χ1n) is 7.33. The average Bonchev–Trinajstić information content (AvgIpc) is 2.76. The number of nitrogens with zero attached hydrogens (tertiary/aromatic N) is 1. The van der Waals surface area contributed by atoms with Crippen LogP contribution < -0.4 is 10.6 Å². The Hall–Kier alpha value is -1.17. The third-order valence-electron chi connectivity index (χ3n) is 4.18. The van der Waals surface area contributed by atoms with Gasteiger partial charge < -0.3 is 10.6 Å². The van der Waals surface area contributed by atoms with Gasteiger partial charge in [0.05, 0.1) is 17.3 Å². The molecule has 4 nitrogen and oxygen atoms in total. The minimum atomic E-state index is -0.410. The van der Waals surface area contributed by atoms with Gasteiger partial charge in [-0.15, -0.1) is 0 Å². The fraction of sp³-hybridized carbons (Fsp3) is 0.533. The molecule has 3 rings (SSSR count). The van der Waals surface area contributed by atoms with E-state index in [1.807, 2.05) is 0 Å². The molecule has 0 radical (unpaired) electrons. The summed E-state index contributed by atoms with van der Waals surface area (Å²) in [5, 5.41) is 6.56. The van der Waals surface area contributed by atoms with Crippen LogP contribution in [0.25, 0.3) is 0 Å². The van der Waals surface area contributed by atoms with E-state index < -0.39 is 5.82 Å². The Bertz CT molecular complexity index is 540. The zero-order chi connectivity index (χ0) is 14.8. The lowest BCUT2D eigenvalue weighted by atomic mass is 10.1. The highest BCUT2D eigenvalue weighted by Crippen LogP contribution is 2.23. The topological polar surface area (TPSA) is 44.4 Å². The molecule has 1 amide bonds. The summed E-state index contributed by atoms with van der Waals surface area (Å²) in [4.78, 5) is 14.3. The fourth-order valence-electron chi connectivity index (χ4n) is 3.14. The molecule has 2 unspecified atom stereocenters. The minimum Gasteiger partial charge on any atom is -0.324 e. The summed E-state index contributed by atoms with van der Waals surface area (Å²) in [6.07, 6.45) is 3.52. The van der Waals surface area contributed by atoms with E-state index in [-0.39, 0.29) is 10.9 Å². The van der Waals surface area contributed by atoms with Crippen LogP contribution in [0.1, 0.15) is 19.3 Å². The summed E-state index contributed by atoms with van der Waals surface area (Å²) in [7, 11) is 0. The van der Waals surface area contributed by atoms with Gasteiger partial charge in [0.25, 0.3) is 0 Å². The summed E-state index contributed by atoms with van der Waals surface area (Å²) in [6.45, 7) is 2.18. The van der Waals surface area contributed by atoms with Gasteiger partial charge in [0, 0.05) is 25.2 Å². The smallest absolute Gasteiger partial charge is 0.238 e. The van der Waals surface area contributed by atoms with E-state index >= 15 is 0 Å². The number of nitrogens with one attached hydrogen (secondary N) is 2. The number of hydrogen-bond acceptors (Lipinski definition) is 3. The Morgan fingerprint density at radius 1 is 1.38 bits per heavy atom. The molecule has 2 bridgehead atoms. The number of fused-ring (bicyclic) bond motifs is 2. The number of rotatable bonds is 3. The zero-order valence-corrected chi connectivity index (χ0v) is 12.5. The van der Waals surface area contributed by atoms with Crippen molar-refractivity contribution in [3.05, 3.63) is 29.0 Å². The summed E-state index contributed by atoms with van der Waals surface area (Å²) in [5.41, 5.74) is 0.456. The first-order chi connectivity index (χ1) is 10.1. The van der Waals surface area contributed by atoms with Gasteiger partial charge in [0.2, 0.25) is 5.91 Å². The van der Waals surface area contributed by atoms with Gasteiger partial charge in [-0.3, -0.25) is 9.69 Å². The van der Waals surface area contributed by atoms with Crippen molar-refractivity contribution >= 4 is 23.2 Å². The number of halogens is 2. The number of anilines is 1. The highest BCUT2D eigenvalue weighted by Gasteiger charge is 2.29. The van der Waals surface area contributed by atoms with Crippen molar-refractivity contribution < 1.29 is 9.18 Å². The predicted octanol–water partition coefficient (Wildman–Crippen LogP) is 2.24. The van der Waals surface area contributed by atoms with Gasteiger partial charge in [-0.05, 0) is 37.5 Å². The number of carbonyl (C=O) groups is 1. The van der Waals surface area contributed by atoms with Crippen LogP contribution >= 0.6 is 11.6 Å². The number of hydrogen-bond donors (Lipinski definition) is 2. The third kappa shape index (κ3) is 3.73. The molecule has 114 valence electrons. The van der Waals surface area contributed by atoms with Crippen molar-refractivity contribution in [1.29, 1.82) is 0 Å². The number of likely N-dealkylation sites (tertiary alicyclic amines) is 1. The standard InChI is InChI=1S/C15H19ClFN3O/c16-13-7-10(17)1-4-14(13)19-15(21)9-20-6-5-11-2-3-12(8-20)18-11/h1,4,7,11-12,18H,2-3,5-6,8-9H2,(H,19,21). The Morgan fingerprint density at radius 3 is 3.00 bits per heavy atom. The predicted molar refractivity (Wildman–Crippen MR) is 81.0 cm³/mol.